The minimum atomic E-state index is -0.164. The molecule has 1 heterocycles. The molecule has 3 aromatic carbocycles. The van der Waals surface area contributed by atoms with E-state index in [1.54, 1.807) is 0 Å². The Morgan fingerprint density at radius 2 is 1.64 bits per heavy atom. The fourth-order valence-corrected chi connectivity index (χ4v) is 3.27. The first-order valence-electron chi connectivity index (χ1n) is 9.23. The van der Waals surface area contributed by atoms with E-state index >= 15 is 0 Å². The second-order valence-electron chi connectivity index (χ2n) is 6.73. The van der Waals surface area contributed by atoms with Crippen LogP contribution in [0.3, 0.4) is 0 Å². The van der Waals surface area contributed by atoms with Gasteiger partial charge in [0.15, 0.2) is 0 Å². The Bertz CT molecular complexity index is 1140. The summed E-state index contributed by atoms with van der Waals surface area (Å²) in [5.74, 6) is -0.164. The minimum absolute atomic E-state index is 0.164. The maximum atomic E-state index is 12.5. The Labute approximate surface area is 164 Å². The molecule has 0 unspecified atom stereocenters. The van der Waals surface area contributed by atoms with Gasteiger partial charge in [-0.1, -0.05) is 72.3 Å². The fourth-order valence-electron chi connectivity index (χ4n) is 3.27. The van der Waals surface area contributed by atoms with Gasteiger partial charge in [-0.25, -0.2) is 5.43 Å². The number of carbonyl (C=O) groups is 1. The lowest BCUT2D eigenvalue weighted by molar-refractivity contribution is -0.121. The molecule has 1 N–H and O–H groups in total. The standard InChI is InChI=1S/C24H21N3O/c1-18-8-7-12-21(16-18)24(20-10-3-2-4-11-20)26-25-23(28)17-27-15-14-19-9-5-6-13-22(19)27/h2-16H,17H2,1H3,(H,25,28)/b26-24+. The number of nitrogens with one attached hydrogen (secondary N) is 1. The summed E-state index contributed by atoms with van der Waals surface area (Å²) in [7, 11) is 0. The molecule has 0 bridgehead atoms. The molecule has 4 rings (SSSR count). The zero-order chi connectivity index (χ0) is 19.3. The smallest absolute Gasteiger partial charge is 0.260 e. The van der Waals surface area contributed by atoms with Crippen molar-refractivity contribution in [3.63, 3.8) is 0 Å². The number of para-hydroxylation sites is 1. The Morgan fingerprint density at radius 1 is 0.893 bits per heavy atom. The Kier molecular flexibility index (Phi) is 5.02. The molecule has 0 radical (unpaired) electrons. The van der Waals surface area contributed by atoms with Gasteiger partial charge < -0.3 is 4.57 Å². The number of hydrogen-bond acceptors (Lipinski definition) is 2. The lowest BCUT2D eigenvalue weighted by Crippen LogP contribution is -2.24. The first kappa shape index (κ1) is 17.7. The molecule has 0 fully saturated rings. The molecule has 1 aromatic heterocycles. The predicted molar refractivity (Wildman–Crippen MR) is 113 cm³/mol. The third kappa shape index (κ3) is 3.86. The summed E-state index contributed by atoms with van der Waals surface area (Å²) in [5, 5.41) is 5.58. The third-order valence-corrected chi connectivity index (χ3v) is 4.63. The predicted octanol–water partition coefficient (Wildman–Crippen LogP) is 4.52. The van der Waals surface area contributed by atoms with Crippen LogP contribution in [0.1, 0.15) is 16.7 Å². The van der Waals surface area contributed by atoms with Crippen molar-refractivity contribution in [2.24, 2.45) is 5.10 Å². The van der Waals surface area contributed by atoms with E-state index in [-0.39, 0.29) is 12.5 Å². The average Bonchev–Trinajstić information content (AvgIpc) is 3.12. The highest BCUT2D eigenvalue weighted by Gasteiger charge is 2.10. The van der Waals surface area contributed by atoms with E-state index in [0.717, 1.165) is 33.3 Å². The van der Waals surface area contributed by atoms with Crippen molar-refractivity contribution in [3.8, 4) is 0 Å². The van der Waals surface area contributed by atoms with Gasteiger partial charge in [-0.2, -0.15) is 5.10 Å². The molecule has 0 aliphatic carbocycles. The first-order valence-corrected chi connectivity index (χ1v) is 9.23. The lowest BCUT2D eigenvalue weighted by Gasteiger charge is -2.09. The van der Waals surface area contributed by atoms with Crippen molar-refractivity contribution in [1.29, 1.82) is 0 Å². The maximum Gasteiger partial charge on any atom is 0.260 e. The average molecular weight is 367 g/mol. The third-order valence-electron chi connectivity index (χ3n) is 4.63. The van der Waals surface area contributed by atoms with Crippen LogP contribution in [0.5, 0.6) is 0 Å². The van der Waals surface area contributed by atoms with Crippen LogP contribution < -0.4 is 5.43 Å². The number of carbonyl (C=O) groups excluding carboxylic acids is 1. The van der Waals surface area contributed by atoms with Crippen LogP contribution in [0.4, 0.5) is 0 Å². The van der Waals surface area contributed by atoms with Gasteiger partial charge >= 0.3 is 0 Å². The zero-order valence-corrected chi connectivity index (χ0v) is 15.7. The van der Waals surface area contributed by atoms with E-state index in [1.807, 2.05) is 96.6 Å². The number of aromatic nitrogens is 1. The topological polar surface area (TPSA) is 46.4 Å². The Balaban J connectivity index is 1.59. The summed E-state index contributed by atoms with van der Waals surface area (Å²) in [6.07, 6.45) is 1.92. The van der Waals surface area contributed by atoms with Crippen molar-refractivity contribution < 1.29 is 4.79 Å². The number of benzene rings is 3. The molecule has 1 amide bonds. The van der Waals surface area contributed by atoms with Crippen LogP contribution in [0.15, 0.2) is 96.2 Å². The van der Waals surface area contributed by atoms with E-state index in [0.29, 0.717) is 0 Å². The summed E-state index contributed by atoms with van der Waals surface area (Å²) in [5.41, 5.74) is 7.58. The number of hydrazone groups is 1. The lowest BCUT2D eigenvalue weighted by atomic mass is 10.0. The monoisotopic (exact) mass is 367 g/mol. The first-order chi connectivity index (χ1) is 13.7. The second-order valence-corrected chi connectivity index (χ2v) is 6.73. The van der Waals surface area contributed by atoms with Crippen LogP contribution in [0, 0.1) is 6.92 Å². The minimum Gasteiger partial charge on any atom is -0.338 e. The number of fused-ring (bicyclic) bond motifs is 1. The van der Waals surface area contributed by atoms with Crippen molar-refractivity contribution in [2.45, 2.75) is 13.5 Å². The second kappa shape index (κ2) is 7.92. The SMILES string of the molecule is Cc1cccc(/C(=N/NC(=O)Cn2ccc3ccccc32)c2ccccc2)c1. The number of aryl methyl sites for hydroxylation is 1. The molecular weight excluding hydrogens is 346 g/mol. The van der Waals surface area contributed by atoms with Gasteiger partial charge in [-0.05, 0) is 30.5 Å². The largest absolute Gasteiger partial charge is 0.338 e. The fraction of sp³-hybridized carbons (Fsp3) is 0.0833. The van der Waals surface area contributed by atoms with E-state index < -0.39 is 0 Å². The molecule has 28 heavy (non-hydrogen) atoms. The van der Waals surface area contributed by atoms with Crippen molar-refractivity contribution in [2.75, 3.05) is 0 Å². The molecule has 4 aromatic rings. The van der Waals surface area contributed by atoms with E-state index in [2.05, 4.69) is 16.6 Å². The van der Waals surface area contributed by atoms with Gasteiger partial charge in [-0.15, -0.1) is 0 Å². The van der Waals surface area contributed by atoms with Crippen LogP contribution in [-0.4, -0.2) is 16.2 Å². The van der Waals surface area contributed by atoms with Crippen molar-refractivity contribution in [1.82, 2.24) is 9.99 Å². The Hall–Kier alpha value is -3.66. The summed E-state index contributed by atoms with van der Waals surface area (Å²) in [6.45, 7) is 2.26. The van der Waals surface area contributed by atoms with Crippen molar-refractivity contribution >= 4 is 22.5 Å². The van der Waals surface area contributed by atoms with Crippen LogP contribution in [-0.2, 0) is 11.3 Å². The molecule has 0 spiro atoms. The molecule has 0 saturated heterocycles. The summed E-state index contributed by atoms with van der Waals surface area (Å²) in [6, 6.07) is 28.0. The highest BCUT2D eigenvalue weighted by atomic mass is 16.2. The highest BCUT2D eigenvalue weighted by Crippen LogP contribution is 2.15. The molecule has 0 saturated carbocycles. The highest BCUT2D eigenvalue weighted by molar-refractivity contribution is 6.13. The molecular formula is C24H21N3O. The molecule has 4 nitrogen and oxygen atoms in total. The quantitative estimate of drug-likeness (QED) is 0.409. The van der Waals surface area contributed by atoms with Gasteiger partial charge in [0.1, 0.15) is 6.54 Å². The molecule has 138 valence electrons. The van der Waals surface area contributed by atoms with Crippen LogP contribution in [0.2, 0.25) is 0 Å². The van der Waals surface area contributed by atoms with Gasteiger partial charge in [0.2, 0.25) is 0 Å². The summed E-state index contributed by atoms with van der Waals surface area (Å²) >= 11 is 0. The van der Waals surface area contributed by atoms with Crippen LogP contribution >= 0.6 is 0 Å². The normalized spacial score (nSPS) is 11.5. The molecule has 0 aliphatic heterocycles. The van der Waals surface area contributed by atoms with Gasteiger partial charge in [-0.3, -0.25) is 4.79 Å². The van der Waals surface area contributed by atoms with Gasteiger partial charge in [0.05, 0.1) is 5.71 Å². The molecule has 4 heteroatoms. The number of amides is 1. The summed E-state index contributed by atoms with van der Waals surface area (Å²) in [4.78, 5) is 12.5. The van der Waals surface area contributed by atoms with Gasteiger partial charge in [0, 0.05) is 22.8 Å². The Morgan fingerprint density at radius 3 is 2.46 bits per heavy atom. The summed E-state index contributed by atoms with van der Waals surface area (Å²) < 4.78 is 1.93. The zero-order valence-electron chi connectivity index (χ0n) is 15.7. The molecule has 0 atom stereocenters. The maximum absolute atomic E-state index is 12.5. The van der Waals surface area contributed by atoms with Gasteiger partial charge in [0.25, 0.3) is 5.91 Å². The van der Waals surface area contributed by atoms with E-state index in [4.69, 9.17) is 0 Å². The molecule has 0 aliphatic rings. The van der Waals surface area contributed by atoms with Crippen LogP contribution in [0.25, 0.3) is 10.9 Å². The van der Waals surface area contributed by atoms with E-state index in [1.165, 1.54) is 0 Å². The van der Waals surface area contributed by atoms with Crippen molar-refractivity contribution in [3.05, 3.63) is 108 Å². The number of nitrogens with zero attached hydrogens (tertiary/aromatic N) is 2. The number of rotatable bonds is 5. The number of hydrogen-bond donors (Lipinski definition) is 1. The van der Waals surface area contributed by atoms with E-state index in [9.17, 15) is 4.79 Å².